The van der Waals surface area contributed by atoms with E-state index < -0.39 is 28.6 Å². The molecule has 32 heavy (non-hydrogen) atoms. The number of nitrogens with one attached hydrogen (secondary N) is 1. The maximum absolute atomic E-state index is 13.0. The van der Waals surface area contributed by atoms with Crippen molar-refractivity contribution in [1.29, 1.82) is 0 Å². The fourth-order valence-electron chi connectivity index (χ4n) is 3.24. The van der Waals surface area contributed by atoms with Crippen LogP contribution in [0.2, 0.25) is 5.02 Å². The number of hydrogen-bond acceptors (Lipinski definition) is 4. The molecule has 2 aromatic carbocycles. The zero-order chi connectivity index (χ0) is 23.3. The molecule has 10 heteroatoms. The second kappa shape index (κ2) is 10.2. The van der Waals surface area contributed by atoms with Crippen LogP contribution in [0, 0.1) is 0 Å². The van der Waals surface area contributed by atoms with Gasteiger partial charge in [-0.1, -0.05) is 23.7 Å². The number of para-hydroxylation sites is 1. The number of nitrogens with zero attached hydrogens (tertiary/aromatic N) is 1. The Bertz CT molecular complexity index is 978. The molecule has 1 N–H and O–H groups in total. The number of benzene rings is 2. The smallest absolute Gasteiger partial charge is 0.417 e. The van der Waals surface area contributed by atoms with E-state index >= 15 is 0 Å². The molecule has 1 heterocycles. The van der Waals surface area contributed by atoms with Gasteiger partial charge in [-0.3, -0.25) is 9.59 Å². The molecule has 3 rings (SSSR count). The van der Waals surface area contributed by atoms with Crippen molar-refractivity contribution >= 4 is 29.1 Å². The second-order valence-electron chi connectivity index (χ2n) is 7.34. The highest BCUT2D eigenvalue weighted by molar-refractivity contribution is 6.31. The molecule has 172 valence electrons. The monoisotopic (exact) mass is 470 g/mol. The number of rotatable bonds is 7. The predicted molar refractivity (Wildman–Crippen MR) is 113 cm³/mol. The molecular formula is C22H22ClF3N2O4. The summed E-state index contributed by atoms with van der Waals surface area (Å²) in [6.45, 7) is 0.625. The van der Waals surface area contributed by atoms with Gasteiger partial charge >= 0.3 is 6.18 Å². The lowest BCUT2D eigenvalue weighted by Crippen LogP contribution is -2.35. The third-order valence-corrected chi connectivity index (χ3v) is 5.18. The van der Waals surface area contributed by atoms with Crippen LogP contribution in [0.25, 0.3) is 0 Å². The molecule has 0 saturated carbocycles. The highest BCUT2D eigenvalue weighted by Gasteiger charge is 2.33. The Morgan fingerprint density at radius 3 is 2.69 bits per heavy atom. The van der Waals surface area contributed by atoms with Crippen LogP contribution < -0.4 is 10.1 Å². The SMILES string of the molecule is CN(CC(=O)Nc1ccc(Cl)c(C(F)(F)F)c1)C(=O)c1ccccc1OCC1CCCO1. The quantitative estimate of drug-likeness (QED) is 0.641. The lowest BCUT2D eigenvalue weighted by molar-refractivity contribution is -0.137. The molecule has 1 aliphatic rings. The lowest BCUT2D eigenvalue weighted by atomic mass is 10.1. The average molecular weight is 471 g/mol. The molecule has 1 atom stereocenters. The molecule has 0 bridgehead atoms. The maximum Gasteiger partial charge on any atom is 0.417 e. The molecule has 2 aromatic rings. The Kier molecular flexibility index (Phi) is 7.63. The number of alkyl halides is 3. The van der Waals surface area contributed by atoms with Crippen molar-refractivity contribution < 1.29 is 32.2 Å². The standard InChI is InChI=1S/C22H22ClF3N2O4/c1-28(12-20(29)27-14-8-9-18(23)17(11-14)22(24,25)26)21(30)16-6-2-3-7-19(16)32-13-15-5-4-10-31-15/h2-3,6-9,11,15H,4-5,10,12-13H2,1H3,(H,27,29). The van der Waals surface area contributed by atoms with Crippen LogP contribution in [-0.4, -0.2) is 49.6 Å². The Hall–Kier alpha value is -2.78. The summed E-state index contributed by atoms with van der Waals surface area (Å²) in [4.78, 5) is 26.3. The number of halogens is 4. The first-order valence-electron chi connectivity index (χ1n) is 9.90. The minimum Gasteiger partial charge on any atom is -0.490 e. The van der Waals surface area contributed by atoms with E-state index in [9.17, 15) is 22.8 Å². The van der Waals surface area contributed by atoms with Crippen LogP contribution in [0.15, 0.2) is 42.5 Å². The highest BCUT2D eigenvalue weighted by atomic mass is 35.5. The molecule has 1 saturated heterocycles. The predicted octanol–water partition coefficient (Wildman–Crippen LogP) is 4.63. The van der Waals surface area contributed by atoms with Crippen molar-refractivity contribution in [3.8, 4) is 5.75 Å². The number of carbonyl (C=O) groups excluding carboxylic acids is 2. The normalized spacial score (nSPS) is 16.0. The highest BCUT2D eigenvalue weighted by Crippen LogP contribution is 2.36. The van der Waals surface area contributed by atoms with Crippen LogP contribution in [-0.2, 0) is 15.7 Å². The van der Waals surface area contributed by atoms with Crippen molar-refractivity contribution in [3.05, 3.63) is 58.6 Å². The van der Waals surface area contributed by atoms with Crippen LogP contribution in [0.4, 0.5) is 18.9 Å². The van der Waals surface area contributed by atoms with Gasteiger partial charge < -0.3 is 19.7 Å². The Labute approximate surface area is 188 Å². The van der Waals surface area contributed by atoms with Gasteiger partial charge in [-0.2, -0.15) is 13.2 Å². The van der Waals surface area contributed by atoms with Crippen molar-refractivity contribution in [2.75, 3.05) is 32.1 Å². The Balaban J connectivity index is 1.63. The number of anilines is 1. The van der Waals surface area contributed by atoms with Crippen molar-refractivity contribution in [1.82, 2.24) is 4.90 Å². The van der Waals surface area contributed by atoms with Crippen LogP contribution in [0.1, 0.15) is 28.8 Å². The van der Waals surface area contributed by atoms with E-state index in [1.807, 2.05) is 0 Å². The molecule has 6 nitrogen and oxygen atoms in total. The van der Waals surface area contributed by atoms with Crippen molar-refractivity contribution in [2.24, 2.45) is 0 Å². The summed E-state index contributed by atoms with van der Waals surface area (Å²) in [5, 5.41) is 1.89. The molecular weight excluding hydrogens is 449 g/mol. The van der Waals surface area contributed by atoms with E-state index in [4.69, 9.17) is 21.1 Å². The second-order valence-corrected chi connectivity index (χ2v) is 7.75. The first kappa shape index (κ1) is 23.9. The van der Waals surface area contributed by atoms with E-state index in [0.717, 1.165) is 29.9 Å². The van der Waals surface area contributed by atoms with Gasteiger partial charge in [0, 0.05) is 19.3 Å². The topological polar surface area (TPSA) is 67.9 Å². The summed E-state index contributed by atoms with van der Waals surface area (Å²) in [7, 11) is 1.42. The van der Waals surface area contributed by atoms with E-state index in [0.29, 0.717) is 19.0 Å². The average Bonchev–Trinajstić information content (AvgIpc) is 3.26. The summed E-state index contributed by atoms with van der Waals surface area (Å²) in [6.07, 6.45) is -2.83. The zero-order valence-electron chi connectivity index (χ0n) is 17.2. The van der Waals surface area contributed by atoms with Crippen LogP contribution in [0.5, 0.6) is 5.75 Å². The molecule has 2 amide bonds. The molecule has 0 aliphatic carbocycles. The summed E-state index contributed by atoms with van der Waals surface area (Å²) < 4.78 is 50.3. The van der Waals surface area contributed by atoms with E-state index in [1.54, 1.807) is 24.3 Å². The Morgan fingerprint density at radius 1 is 1.25 bits per heavy atom. The van der Waals surface area contributed by atoms with E-state index in [2.05, 4.69) is 5.32 Å². The number of ether oxygens (including phenoxy) is 2. The van der Waals surface area contributed by atoms with Crippen molar-refractivity contribution in [2.45, 2.75) is 25.1 Å². The molecule has 0 spiro atoms. The van der Waals surface area contributed by atoms with E-state index in [1.165, 1.54) is 13.1 Å². The van der Waals surface area contributed by atoms with Gasteiger partial charge in [-0.15, -0.1) is 0 Å². The van der Waals surface area contributed by atoms with Gasteiger partial charge in [0.15, 0.2) is 0 Å². The maximum atomic E-state index is 13.0. The molecule has 0 radical (unpaired) electrons. The largest absolute Gasteiger partial charge is 0.490 e. The number of amides is 2. The molecule has 1 fully saturated rings. The third kappa shape index (κ3) is 6.14. The minimum absolute atomic E-state index is 0.0253. The minimum atomic E-state index is -4.65. The first-order chi connectivity index (χ1) is 15.1. The van der Waals surface area contributed by atoms with E-state index in [-0.39, 0.29) is 23.9 Å². The first-order valence-corrected chi connectivity index (χ1v) is 10.3. The number of likely N-dealkylation sites (N-methyl/N-ethyl adjacent to an activating group) is 1. The summed E-state index contributed by atoms with van der Waals surface area (Å²) in [5.41, 5.74) is -0.863. The van der Waals surface area contributed by atoms with Gasteiger partial charge in [0.05, 0.1) is 28.8 Å². The van der Waals surface area contributed by atoms with Gasteiger partial charge in [0.25, 0.3) is 5.91 Å². The molecule has 0 aromatic heterocycles. The summed E-state index contributed by atoms with van der Waals surface area (Å²) in [6, 6.07) is 9.69. The fraction of sp³-hybridized carbons (Fsp3) is 0.364. The Morgan fingerprint density at radius 2 is 2.00 bits per heavy atom. The third-order valence-electron chi connectivity index (χ3n) is 4.85. The molecule has 1 unspecified atom stereocenters. The molecule has 1 aliphatic heterocycles. The number of hydrogen-bond donors (Lipinski definition) is 1. The van der Waals surface area contributed by atoms with Gasteiger partial charge in [-0.25, -0.2) is 0 Å². The van der Waals surface area contributed by atoms with Gasteiger partial charge in [-0.05, 0) is 43.2 Å². The van der Waals surface area contributed by atoms with Crippen molar-refractivity contribution in [3.63, 3.8) is 0 Å². The summed E-state index contributed by atoms with van der Waals surface area (Å²) in [5.74, 6) is -0.753. The summed E-state index contributed by atoms with van der Waals surface area (Å²) >= 11 is 5.59. The van der Waals surface area contributed by atoms with Crippen LogP contribution >= 0.6 is 11.6 Å². The lowest BCUT2D eigenvalue weighted by Gasteiger charge is -2.20. The fourth-order valence-corrected chi connectivity index (χ4v) is 3.47. The number of carbonyl (C=O) groups is 2. The van der Waals surface area contributed by atoms with Gasteiger partial charge in [0.1, 0.15) is 12.4 Å². The van der Waals surface area contributed by atoms with Gasteiger partial charge in [0.2, 0.25) is 5.91 Å². The van der Waals surface area contributed by atoms with Crippen LogP contribution in [0.3, 0.4) is 0 Å². The zero-order valence-corrected chi connectivity index (χ0v) is 18.0.